The predicted octanol–water partition coefficient (Wildman–Crippen LogP) is 5.28. The Morgan fingerprint density at radius 1 is 0.933 bits per heavy atom. The minimum Gasteiger partial charge on any atom is -0.308 e. The fourth-order valence-electron chi connectivity index (χ4n) is 2.82. The lowest BCUT2D eigenvalue weighted by Crippen LogP contribution is -2.19. The van der Waals surface area contributed by atoms with Gasteiger partial charge in [-0.3, -0.25) is 10.1 Å². The van der Waals surface area contributed by atoms with Crippen molar-refractivity contribution in [1.29, 1.82) is 0 Å². The second-order valence-electron chi connectivity index (χ2n) is 6.58. The second kappa shape index (κ2) is 9.02. The quantitative estimate of drug-likeness (QED) is 0.382. The van der Waals surface area contributed by atoms with E-state index in [0.717, 1.165) is 21.5 Å². The number of rotatable bonds is 6. The van der Waals surface area contributed by atoms with Crippen LogP contribution in [-0.4, -0.2) is 21.9 Å². The van der Waals surface area contributed by atoms with Gasteiger partial charge in [-0.25, -0.2) is 14.8 Å². The highest BCUT2D eigenvalue weighted by atomic mass is 32.1. The van der Waals surface area contributed by atoms with Crippen LogP contribution >= 0.6 is 22.7 Å². The summed E-state index contributed by atoms with van der Waals surface area (Å²) in [6.07, 6.45) is 0.766. The van der Waals surface area contributed by atoms with Gasteiger partial charge in [0.25, 0.3) is 0 Å². The number of aromatic nitrogens is 2. The van der Waals surface area contributed by atoms with E-state index >= 15 is 0 Å². The molecule has 0 aliphatic rings. The number of para-hydroxylation sites is 2. The first kappa shape index (κ1) is 20.0. The van der Waals surface area contributed by atoms with Crippen molar-refractivity contribution in [2.75, 3.05) is 16.0 Å². The summed E-state index contributed by atoms with van der Waals surface area (Å²) in [5.74, 6) is -0.115. The van der Waals surface area contributed by atoms with Crippen molar-refractivity contribution in [3.63, 3.8) is 0 Å². The minimum atomic E-state index is -0.356. The molecule has 0 saturated carbocycles. The molecule has 9 heteroatoms. The van der Waals surface area contributed by atoms with E-state index in [0.29, 0.717) is 22.4 Å². The normalized spacial score (nSPS) is 10.7. The Bertz CT molecular complexity index is 1190. The highest BCUT2D eigenvalue weighted by Gasteiger charge is 2.11. The van der Waals surface area contributed by atoms with E-state index in [1.165, 1.54) is 22.7 Å². The van der Waals surface area contributed by atoms with E-state index < -0.39 is 0 Å². The number of aryl methyl sites for hydroxylation is 2. The van der Waals surface area contributed by atoms with Gasteiger partial charge in [-0.15, -0.1) is 11.3 Å². The van der Waals surface area contributed by atoms with Gasteiger partial charge in [0.15, 0.2) is 10.3 Å². The van der Waals surface area contributed by atoms with Crippen LogP contribution in [0.3, 0.4) is 0 Å². The van der Waals surface area contributed by atoms with Crippen LogP contribution < -0.4 is 16.0 Å². The van der Waals surface area contributed by atoms with Gasteiger partial charge >= 0.3 is 6.03 Å². The third-order valence-electron chi connectivity index (χ3n) is 4.28. The van der Waals surface area contributed by atoms with Gasteiger partial charge in [0.05, 0.1) is 15.9 Å². The molecule has 4 rings (SSSR count). The van der Waals surface area contributed by atoms with Gasteiger partial charge in [-0.2, -0.15) is 0 Å². The van der Waals surface area contributed by atoms with E-state index in [9.17, 15) is 9.59 Å². The van der Waals surface area contributed by atoms with E-state index in [4.69, 9.17) is 0 Å². The Morgan fingerprint density at radius 2 is 1.77 bits per heavy atom. The minimum absolute atomic E-state index is 0.115. The number of anilines is 3. The van der Waals surface area contributed by atoms with E-state index in [1.807, 2.05) is 48.7 Å². The van der Waals surface area contributed by atoms with Crippen molar-refractivity contribution >= 4 is 60.8 Å². The van der Waals surface area contributed by atoms with Crippen molar-refractivity contribution in [1.82, 2.24) is 9.97 Å². The molecule has 0 unspecified atom stereocenters. The molecule has 30 heavy (non-hydrogen) atoms. The second-order valence-corrected chi connectivity index (χ2v) is 8.47. The molecule has 0 bridgehead atoms. The van der Waals surface area contributed by atoms with Crippen molar-refractivity contribution in [2.24, 2.45) is 0 Å². The fraction of sp³-hybridized carbons (Fsp3) is 0.143. The molecule has 3 amide bonds. The van der Waals surface area contributed by atoms with Gasteiger partial charge in [0, 0.05) is 17.5 Å². The number of urea groups is 1. The topological polar surface area (TPSA) is 96.0 Å². The number of nitrogens with zero attached hydrogens (tertiary/aromatic N) is 2. The fourth-order valence-corrected chi connectivity index (χ4v) is 4.52. The predicted molar refractivity (Wildman–Crippen MR) is 123 cm³/mol. The van der Waals surface area contributed by atoms with Crippen LogP contribution in [0.1, 0.15) is 17.7 Å². The van der Waals surface area contributed by atoms with Crippen LogP contribution in [0.2, 0.25) is 0 Å². The van der Waals surface area contributed by atoms with Gasteiger partial charge < -0.3 is 10.6 Å². The van der Waals surface area contributed by atoms with Crippen molar-refractivity contribution in [3.8, 4) is 0 Å². The van der Waals surface area contributed by atoms with Gasteiger partial charge in [0.1, 0.15) is 0 Å². The lowest BCUT2D eigenvalue weighted by Gasteiger charge is -2.04. The standard InChI is InChI=1S/C21H19N5O2S2/c1-13-6-5-9-16-18(13)25-21(30-16)24-17(27)11-10-15-12-29-20(23-15)26-19(28)22-14-7-3-2-4-8-14/h2-9,12H,10-11H2,1H3,(H,24,25,27)(H2,22,23,26,28). The van der Waals surface area contributed by atoms with Crippen LogP contribution in [0, 0.1) is 6.92 Å². The molecule has 0 aliphatic carbocycles. The SMILES string of the molecule is Cc1cccc2sc(NC(=O)CCc3csc(NC(=O)Nc4ccccc4)n3)nc12. The molecule has 2 aromatic carbocycles. The number of benzene rings is 2. The van der Waals surface area contributed by atoms with Crippen LogP contribution in [0.4, 0.5) is 20.7 Å². The Kier molecular flexibility index (Phi) is 6.01. The number of hydrogen-bond acceptors (Lipinski definition) is 6. The molecule has 4 aromatic rings. The zero-order chi connectivity index (χ0) is 20.9. The lowest BCUT2D eigenvalue weighted by atomic mass is 10.2. The molecule has 3 N–H and O–H groups in total. The van der Waals surface area contributed by atoms with E-state index in [-0.39, 0.29) is 18.4 Å². The van der Waals surface area contributed by atoms with Gasteiger partial charge in [-0.1, -0.05) is 41.7 Å². The Morgan fingerprint density at radius 3 is 2.57 bits per heavy atom. The Labute approximate surface area is 181 Å². The molecule has 0 spiro atoms. The van der Waals surface area contributed by atoms with Crippen LogP contribution in [0.5, 0.6) is 0 Å². The summed E-state index contributed by atoms with van der Waals surface area (Å²) in [6.45, 7) is 2.00. The van der Waals surface area contributed by atoms with Crippen molar-refractivity contribution in [3.05, 3.63) is 65.2 Å². The molecule has 0 radical (unpaired) electrons. The molecule has 0 fully saturated rings. The monoisotopic (exact) mass is 437 g/mol. The van der Waals surface area contributed by atoms with E-state index in [2.05, 4.69) is 25.9 Å². The maximum Gasteiger partial charge on any atom is 0.325 e. The lowest BCUT2D eigenvalue weighted by molar-refractivity contribution is -0.116. The number of amides is 3. The number of carbonyl (C=O) groups excluding carboxylic acids is 2. The number of fused-ring (bicyclic) bond motifs is 1. The molecule has 7 nitrogen and oxygen atoms in total. The smallest absolute Gasteiger partial charge is 0.308 e. The number of carbonyl (C=O) groups is 2. The largest absolute Gasteiger partial charge is 0.325 e. The van der Waals surface area contributed by atoms with E-state index in [1.54, 1.807) is 12.1 Å². The summed E-state index contributed by atoms with van der Waals surface area (Å²) in [5, 5.41) is 11.2. The van der Waals surface area contributed by atoms with Crippen molar-refractivity contribution < 1.29 is 9.59 Å². The third-order valence-corrected chi connectivity index (χ3v) is 6.02. The molecule has 0 aliphatic heterocycles. The summed E-state index contributed by atoms with van der Waals surface area (Å²) >= 11 is 2.79. The summed E-state index contributed by atoms with van der Waals surface area (Å²) in [6, 6.07) is 14.8. The Balaban J connectivity index is 1.27. The average molecular weight is 438 g/mol. The summed E-state index contributed by atoms with van der Waals surface area (Å²) < 4.78 is 1.05. The highest BCUT2D eigenvalue weighted by molar-refractivity contribution is 7.22. The third kappa shape index (κ3) is 5.00. The van der Waals surface area contributed by atoms with Gasteiger partial charge in [0.2, 0.25) is 5.91 Å². The average Bonchev–Trinajstić information content (AvgIpc) is 3.34. The number of hydrogen-bond donors (Lipinski definition) is 3. The maximum absolute atomic E-state index is 12.3. The first-order chi connectivity index (χ1) is 14.6. The van der Waals surface area contributed by atoms with Crippen LogP contribution in [-0.2, 0) is 11.2 Å². The number of nitrogens with one attached hydrogen (secondary N) is 3. The van der Waals surface area contributed by atoms with Crippen molar-refractivity contribution in [2.45, 2.75) is 19.8 Å². The Hall–Kier alpha value is -3.30. The summed E-state index contributed by atoms with van der Waals surface area (Å²) in [7, 11) is 0. The van der Waals surface area contributed by atoms with Crippen LogP contribution in [0.25, 0.3) is 10.2 Å². The van der Waals surface area contributed by atoms with Gasteiger partial charge in [-0.05, 0) is 37.1 Å². The molecule has 0 saturated heterocycles. The molecular weight excluding hydrogens is 418 g/mol. The molecule has 2 heterocycles. The molecular formula is C21H19N5O2S2. The first-order valence-corrected chi connectivity index (χ1v) is 11.0. The maximum atomic E-state index is 12.3. The molecule has 0 atom stereocenters. The van der Waals surface area contributed by atoms with Crippen LogP contribution in [0.15, 0.2) is 53.9 Å². The summed E-state index contributed by atoms with van der Waals surface area (Å²) in [4.78, 5) is 33.2. The molecule has 152 valence electrons. The number of thiazole rings is 2. The zero-order valence-corrected chi connectivity index (χ0v) is 17.8. The summed E-state index contributed by atoms with van der Waals surface area (Å²) in [5.41, 5.74) is 3.46. The molecule has 2 aromatic heterocycles. The first-order valence-electron chi connectivity index (χ1n) is 9.30. The highest BCUT2D eigenvalue weighted by Crippen LogP contribution is 2.28. The zero-order valence-electron chi connectivity index (χ0n) is 16.1.